The molecule has 0 spiro atoms. The molecular weight excluding hydrogens is 410 g/mol. The first-order valence-electron chi connectivity index (χ1n) is 10.1. The van der Waals surface area contributed by atoms with Crippen LogP contribution in [0.4, 0.5) is 11.6 Å². The van der Waals surface area contributed by atoms with Crippen LogP contribution in [0.3, 0.4) is 0 Å². The number of benzene rings is 2. The van der Waals surface area contributed by atoms with Crippen LogP contribution >= 0.6 is 11.8 Å². The molecule has 0 fully saturated rings. The van der Waals surface area contributed by atoms with Gasteiger partial charge in [-0.2, -0.15) is 4.98 Å². The van der Waals surface area contributed by atoms with Gasteiger partial charge in [0.15, 0.2) is 0 Å². The third-order valence-corrected chi connectivity index (χ3v) is 6.11. The number of hydrogen-bond donors (Lipinski definition) is 3. The molecule has 0 aliphatic carbocycles. The first kappa shape index (κ1) is 21.0. The number of carbonyl (C=O) groups excluding carboxylic acids is 1. The molecule has 8 heteroatoms. The fraction of sp³-hybridized carbons (Fsp3) is 0.261. The Bertz CT molecular complexity index is 1180. The number of fused-ring (bicyclic) bond motifs is 1. The number of aromatic nitrogens is 3. The van der Waals surface area contributed by atoms with Gasteiger partial charge in [-0.25, -0.2) is 4.68 Å². The number of aryl methyl sites for hydroxylation is 1. The highest BCUT2D eigenvalue weighted by Crippen LogP contribution is 2.37. The van der Waals surface area contributed by atoms with Gasteiger partial charge in [-0.05, 0) is 61.4 Å². The Morgan fingerprint density at radius 2 is 2.00 bits per heavy atom. The van der Waals surface area contributed by atoms with Crippen molar-refractivity contribution in [2.75, 3.05) is 16.4 Å². The molecule has 1 unspecified atom stereocenters. The summed E-state index contributed by atoms with van der Waals surface area (Å²) in [6, 6.07) is 12.2. The number of aromatic hydroxyl groups is 1. The minimum atomic E-state index is -0.521. The second-order valence-corrected chi connectivity index (χ2v) is 8.69. The molecule has 2 heterocycles. The molecule has 7 nitrogen and oxygen atoms in total. The van der Waals surface area contributed by atoms with E-state index in [0.29, 0.717) is 22.4 Å². The summed E-state index contributed by atoms with van der Waals surface area (Å²) in [5.74, 6) is 1.32. The number of allylic oxidation sites excluding steroid dienone is 1. The van der Waals surface area contributed by atoms with E-state index >= 15 is 0 Å². The van der Waals surface area contributed by atoms with Gasteiger partial charge < -0.3 is 15.7 Å². The number of phenols is 1. The first-order valence-corrected chi connectivity index (χ1v) is 11.1. The number of amides is 1. The number of anilines is 2. The van der Waals surface area contributed by atoms with E-state index in [1.165, 1.54) is 11.8 Å². The number of nitrogens with zero attached hydrogens (tertiary/aromatic N) is 3. The summed E-state index contributed by atoms with van der Waals surface area (Å²) in [5, 5.41) is 21.7. The van der Waals surface area contributed by atoms with E-state index in [1.54, 1.807) is 22.9 Å². The summed E-state index contributed by atoms with van der Waals surface area (Å²) < 4.78 is 1.72. The lowest BCUT2D eigenvalue weighted by Gasteiger charge is -2.29. The van der Waals surface area contributed by atoms with E-state index in [1.807, 2.05) is 52.0 Å². The van der Waals surface area contributed by atoms with E-state index < -0.39 is 6.04 Å². The van der Waals surface area contributed by atoms with Crippen LogP contribution in [-0.4, -0.2) is 31.5 Å². The molecule has 1 aliphatic rings. The Kier molecular flexibility index (Phi) is 5.73. The summed E-state index contributed by atoms with van der Waals surface area (Å²) in [6.45, 7) is 7.90. The van der Waals surface area contributed by atoms with Gasteiger partial charge in [-0.15, -0.1) is 5.10 Å². The van der Waals surface area contributed by atoms with Crippen molar-refractivity contribution in [3.63, 3.8) is 0 Å². The topological polar surface area (TPSA) is 92.1 Å². The van der Waals surface area contributed by atoms with E-state index in [-0.39, 0.29) is 11.7 Å². The SMILES string of the molecule is CCSc1nc2n(n1)C(c1cccc(O)c1)C(C(=O)Nc1cccc(C)c1C)=C(C)N2. The summed E-state index contributed by atoms with van der Waals surface area (Å²) in [6.07, 6.45) is 0. The summed E-state index contributed by atoms with van der Waals surface area (Å²) in [5.41, 5.74) is 4.88. The first-order chi connectivity index (χ1) is 14.9. The monoisotopic (exact) mass is 435 g/mol. The zero-order valence-corrected chi connectivity index (χ0v) is 18.7. The largest absolute Gasteiger partial charge is 0.508 e. The van der Waals surface area contributed by atoms with Crippen molar-refractivity contribution in [3.8, 4) is 5.75 Å². The molecule has 0 bridgehead atoms. The fourth-order valence-electron chi connectivity index (χ4n) is 3.69. The summed E-state index contributed by atoms with van der Waals surface area (Å²) in [4.78, 5) is 18.1. The molecular formula is C23H25N5O2S. The average Bonchev–Trinajstić information content (AvgIpc) is 3.12. The Hall–Kier alpha value is -3.26. The van der Waals surface area contributed by atoms with E-state index in [9.17, 15) is 9.90 Å². The van der Waals surface area contributed by atoms with Gasteiger partial charge in [-0.1, -0.05) is 43.0 Å². The highest BCUT2D eigenvalue weighted by molar-refractivity contribution is 7.99. The van der Waals surface area contributed by atoms with Crippen molar-refractivity contribution in [2.24, 2.45) is 0 Å². The summed E-state index contributed by atoms with van der Waals surface area (Å²) in [7, 11) is 0. The van der Waals surface area contributed by atoms with Crippen LogP contribution < -0.4 is 10.6 Å². The zero-order chi connectivity index (χ0) is 22.1. The normalized spacial score (nSPS) is 15.4. The van der Waals surface area contributed by atoms with Crippen molar-refractivity contribution in [1.82, 2.24) is 14.8 Å². The zero-order valence-electron chi connectivity index (χ0n) is 17.9. The van der Waals surface area contributed by atoms with Gasteiger partial charge in [-0.3, -0.25) is 4.79 Å². The Labute approximate surface area is 185 Å². The predicted molar refractivity (Wildman–Crippen MR) is 124 cm³/mol. The molecule has 3 aromatic rings. The molecule has 3 N–H and O–H groups in total. The lowest BCUT2D eigenvalue weighted by molar-refractivity contribution is -0.113. The molecule has 1 aromatic heterocycles. The fourth-order valence-corrected chi connectivity index (χ4v) is 4.25. The molecule has 1 atom stereocenters. The lowest BCUT2D eigenvalue weighted by Crippen LogP contribution is -2.31. The predicted octanol–water partition coefficient (Wildman–Crippen LogP) is 4.64. The molecule has 1 aliphatic heterocycles. The highest BCUT2D eigenvalue weighted by Gasteiger charge is 2.34. The maximum absolute atomic E-state index is 13.5. The lowest BCUT2D eigenvalue weighted by atomic mass is 9.94. The number of phenolic OH excluding ortho intramolecular Hbond substituents is 1. The van der Waals surface area contributed by atoms with Crippen molar-refractivity contribution in [2.45, 2.75) is 38.9 Å². The van der Waals surface area contributed by atoms with Gasteiger partial charge in [0.05, 0.1) is 5.57 Å². The number of nitrogens with one attached hydrogen (secondary N) is 2. The average molecular weight is 436 g/mol. The quantitative estimate of drug-likeness (QED) is 0.506. The van der Waals surface area contributed by atoms with Crippen molar-refractivity contribution in [1.29, 1.82) is 0 Å². The van der Waals surface area contributed by atoms with Crippen LogP contribution in [0.25, 0.3) is 0 Å². The molecule has 2 aromatic carbocycles. The third-order valence-electron chi connectivity index (χ3n) is 5.39. The Morgan fingerprint density at radius 3 is 2.74 bits per heavy atom. The van der Waals surface area contributed by atoms with Crippen LogP contribution in [-0.2, 0) is 4.79 Å². The maximum atomic E-state index is 13.5. The number of rotatable bonds is 5. The van der Waals surface area contributed by atoms with Crippen LogP contribution in [0.2, 0.25) is 0 Å². The minimum Gasteiger partial charge on any atom is -0.508 e. The van der Waals surface area contributed by atoms with Gasteiger partial charge in [0.25, 0.3) is 5.91 Å². The number of thioether (sulfide) groups is 1. The number of hydrogen-bond acceptors (Lipinski definition) is 6. The molecule has 4 rings (SSSR count). The third kappa shape index (κ3) is 4.03. The van der Waals surface area contributed by atoms with Crippen LogP contribution in [0.15, 0.2) is 58.9 Å². The second-order valence-electron chi connectivity index (χ2n) is 7.46. The minimum absolute atomic E-state index is 0.132. The summed E-state index contributed by atoms with van der Waals surface area (Å²) >= 11 is 1.53. The maximum Gasteiger partial charge on any atom is 0.255 e. The molecule has 0 saturated heterocycles. The van der Waals surface area contributed by atoms with Crippen molar-refractivity contribution < 1.29 is 9.90 Å². The molecule has 1 amide bonds. The van der Waals surface area contributed by atoms with E-state index in [4.69, 9.17) is 0 Å². The number of carbonyl (C=O) groups is 1. The van der Waals surface area contributed by atoms with Crippen molar-refractivity contribution >= 4 is 29.3 Å². The standard InChI is InChI=1S/C23H25N5O2S/c1-5-31-23-26-22-24-15(4)19(21(30)25-18-11-6-8-13(2)14(18)3)20(28(22)27-23)16-9-7-10-17(29)12-16/h6-12,20,29H,5H2,1-4H3,(H,25,30)(H,24,26,27). The van der Waals surface area contributed by atoms with Gasteiger partial charge in [0, 0.05) is 11.4 Å². The highest BCUT2D eigenvalue weighted by atomic mass is 32.2. The van der Waals surface area contributed by atoms with Crippen LogP contribution in [0.1, 0.15) is 36.6 Å². The Morgan fingerprint density at radius 1 is 1.23 bits per heavy atom. The van der Waals surface area contributed by atoms with E-state index in [0.717, 1.165) is 28.1 Å². The smallest absolute Gasteiger partial charge is 0.255 e. The molecule has 0 radical (unpaired) electrons. The molecule has 31 heavy (non-hydrogen) atoms. The second kappa shape index (κ2) is 8.47. The van der Waals surface area contributed by atoms with Gasteiger partial charge >= 0.3 is 0 Å². The molecule has 0 saturated carbocycles. The van der Waals surface area contributed by atoms with Crippen LogP contribution in [0, 0.1) is 13.8 Å². The molecule has 160 valence electrons. The Balaban J connectivity index is 1.80. The van der Waals surface area contributed by atoms with Crippen LogP contribution in [0.5, 0.6) is 5.75 Å². The van der Waals surface area contributed by atoms with Gasteiger partial charge in [0.1, 0.15) is 11.8 Å². The van der Waals surface area contributed by atoms with Crippen molar-refractivity contribution in [3.05, 3.63) is 70.4 Å². The van der Waals surface area contributed by atoms with E-state index in [2.05, 4.69) is 20.7 Å². The van der Waals surface area contributed by atoms with Gasteiger partial charge in [0.2, 0.25) is 11.1 Å².